The number of piperidine rings is 1. The predicted molar refractivity (Wildman–Crippen MR) is 114 cm³/mol. The second-order valence-electron chi connectivity index (χ2n) is 9.18. The SMILES string of the molecule is CC(C)C.CC(C)N1CCCCC1.CC(C)N1CCN(C(C)C)CC1. The van der Waals surface area contributed by atoms with Crippen molar-refractivity contribution in [2.75, 3.05) is 39.3 Å². The first-order valence-corrected chi connectivity index (χ1v) is 10.9. The highest BCUT2D eigenvalue weighted by molar-refractivity contribution is 4.75. The van der Waals surface area contributed by atoms with Gasteiger partial charge in [0.2, 0.25) is 0 Å². The molecule has 0 saturated carbocycles. The number of piperazine rings is 1. The Morgan fingerprint density at radius 2 is 0.640 bits per heavy atom. The first-order chi connectivity index (χ1) is 11.6. The normalized spacial score (nSPS) is 20.5. The van der Waals surface area contributed by atoms with E-state index in [0.29, 0.717) is 0 Å². The molecule has 0 amide bonds. The Kier molecular flexibility index (Phi) is 13.9. The quantitative estimate of drug-likeness (QED) is 0.708. The van der Waals surface area contributed by atoms with Crippen LogP contribution in [0.4, 0.5) is 0 Å². The Morgan fingerprint density at radius 1 is 0.400 bits per heavy atom. The molecule has 152 valence electrons. The molecule has 0 N–H and O–H groups in total. The largest absolute Gasteiger partial charge is 0.301 e. The second kappa shape index (κ2) is 14.0. The molecule has 0 atom stereocenters. The van der Waals surface area contributed by atoms with Crippen molar-refractivity contribution in [3.05, 3.63) is 0 Å². The van der Waals surface area contributed by atoms with E-state index in [1.807, 2.05) is 0 Å². The lowest BCUT2D eigenvalue weighted by atomic mass is 10.1. The summed E-state index contributed by atoms with van der Waals surface area (Å²) in [5.41, 5.74) is 0. The molecule has 2 aliphatic rings. The number of hydrogen-bond donors (Lipinski definition) is 0. The summed E-state index contributed by atoms with van der Waals surface area (Å²) in [6.07, 6.45) is 4.28. The van der Waals surface area contributed by atoms with Crippen LogP contribution in [0.3, 0.4) is 0 Å². The molecule has 0 aromatic heterocycles. The van der Waals surface area contributed by atoms with E-state index < -0.39 is 0 Å². The van der Waals surface area contributed by atoms with Crippen molar-refractivity contribution in [3.8, 4) is 0 Å². The third kappa shape index (κ3) is 12.8. The number of likely N-dealkylation sites (tertiary alicyclic amines) is 1. The van der Waals surface area contributed by atoms with E-state index in [4.69, 9.17) is 0 Å². The molecular weight excluding hydrogens is 306 g/mol. The van der Waals surface area contributed by atoms with Crippen molar-refractivity contribution < 1.29 is 0 Å². The van der Waals surface area contributed by atoms with Crippen molar-refractivity contribution in [1.29, 1.82) is 0 Å². The van der Waals surface area contributed by atoms with E-state index in [1.54, 1.807) is 0 Å². The predicted octanol–water partition coefficient (Wildman–Crippen LogP) is 4.96. The van der Waals surface area contributed by atoms with E-state index in [9.17, 15) is 0 Å². The molecule has 0 aromatic rings. The van der Waals surface area contributed by atoms with Crippen molar-refractivity contribution in [3.63, 3.8) is 0 Å². The van der Waals surface area contributed by atoms with Gasteiger partial charge in [-0.05, 0) is 73.4 Å². The summed E-state index contributed by atoms with van der Waals surface area (Å²) in [6, 6.07) is 2.21. The minimum absolute atomic E-state index is 0.722. The Bertz CT molecular complexity index is 267. The molecule has 2 heterocycles. The van der Waals surface area contributed by atoms with E-state index in [-0.39, 0.29) is 0 Å². The monoisotopic (exact) mass is 355 g/mol. The highest BCUT2D eigenvalue weighted by Crippen LogP contribution is 2.11. The smallest absolute Gasteiger partial charge is 0.0113 e. The fourth-order valence-corrected chi connectivity index (χ4v) is 3.20. The Labute approximate surface area is 160 Å². The van der Waals surface area contributed by atoms with Crippen LogP contribution < -0.4 is 0 Å². The van der Waals surface area contributed by atoms with Gasteiger partial charge in [-0.15, -0.1) is 0 Å². The molecule has 0 spiro atoms. The highest BCUT2D eigenvalue weighted by atomic mass is 15.3. The Hall–Kier alpha value is -0.120. The van der Waals surface area contributed by atoms with Crippen molar-refractivity contribution in [2.45, 2.75) is 99.7 Å². The topological polar surface area (TPSA) is 9.72 Å². The number of rotatable bonds is 3. The third-order valence-corrected chi connectivity index (χ3v) is 4.93. The third-order valence-electron chi connectivity index (χ3n) is 4.93. The van der Waals surface area contributed by atoms with E-state index in [0.717, 1.165) is 24.0 Å². The first-order valence-electron chi connectivity index (χ1n) is 10.9. The summed E-state index contributed by atoms with van der Waals surface area (Å²) in [4.78, 5) is 7.67. The molecule has 0 unspecified atom stereocenters. The second-order valence-corrected chi connectivity index (χ2v) is 9.18. The van der Waals surface area contributed by atoms with Gasteiger partial charge >= 0.3 is 0 Å². The standard InChI is InChI=1S/C10H22N2.C8H17N.C4H10/c1-9(2)11-5-7-12(8-6-11)10(3)4;1-8(2)9-6-4-3-5-7-9;1-4(2)3/h9-10H,5-8H2,1-4H3;8H,3-7H2,1-2H3;4H,1-3H3. The van der Waals surface area contributed by atoms with Crippen molar-refractivity contribution in [1.82, 2.24) is 14.7 Å². The molecular formula is C22H49N3. The van der Waals surface area contributed by atoms with E-state index >= 15 is 0 Å². The summed E-state index contributed by atoms with van der Waals surface area (Å²) >= 11 is 0. The molecule has 0 bridgehead atoms. The zero-order chi connectivity index (χ0) is 19.4. The van der Waals surface area contributed by atoms with Gasteiger partial charge in [0, 0.05) is 44.3 Å². The first kappa shape index (κ1) is 24.9. The van der Waals surface area contributed by atoms with Crippen LogP contribution in [0.2, 0.25) is 0 Å². The molecule has 2 aliphatic heterocycles. The summed E-state index contributed by atoms with van der Waals surface area (Å²) in [5.74, 6) is 0.833. The lowest BCUT2D eigenvalue weighted by molar-refractivity contribution is 0.0887. The average Bonchev–Trinajstić information content (AvgIpc) is 2.55. The van der Waals surface area contributed by atoms with Crippen LogP contribution in [0.25, 0.3) is 0 Å². The van der Waals surface area contributed by atoms with Crippen molar-refractivity contribution in [2.24, 2.45) is 5.92 Å². The van der Waals surface area contributed by atoms with Gasteiger partial charge in [0.15, 0.2) is 0 Å². The molecule has 3 heteroatoms. The van der Waals surface area contributed by atoms with Crippen LogP contribution in [0.5, 0.6) is 0 Å². The van der Waals surface area contributed by atoms with Gasteiger partial charge in [-0.1, -0.05) is 27.2 Å². The fraction of sp³-hybridized carbons (Fsp3) is 1.00. The van der Waals surface area contributed by atoms with Crippen LogP contribution in [-0.2, 0) is 0 Å². The maximum atomic E-state index is 2.56. The number of nitrogens with zero attached hydrogens (tertiary/aromatic N) is 3. The van der Waals surface area contributed by atoms with Gasteiger partial charge in [0.05, 0.1) is 0 Å². The minimum Gasteiger partial charge on any atom is -0.301 e. The van der Waals surface area contributed by atoms with Crippen LogP contribution in [0.1, 0.15) is 81.6 Å². The number of hydrogen-bond acceptors (Lipinski definition) is 3. The van der Waals surface area contributed by atoms with E-state index in [2.05, 4.69) is 77.0 Å². The maximum absolute atomic E-state index is 2.56. The average molecular weight is 356 g/mol. The van der Waals surface area contributed by atoms with Gasteiger partial charge in [-0.2, -0.15) is 0 Å². The van der Waals surface area contributed by atoms with Gasteiger partial charge in [0.25, 0.3) is 0 Å². The Balaban J connectivity index is 0.000000391. The summed E-state index contributed by atoms with van der Waals surface area (Å²) < 4.78 is 0. The van der Waals surface area contributed by atoms with Crippen molar-refractivity contribution >= 4 is 0 Å². The molecule has 2 saturated heterocycles. The fourth-order valence-electron chi connectivity index (χ4n) is 3.20. The Morgan fingerprint density at radius 3 is 0.840 bits per heavy atom. The molecule has 0 aliphatic carbocycles. The van der Waals surface area contributed by atoms with Gasteiger partial charge in [-0.25, -0.2) is 0 Å². The zero-order valence-electron chi connectivity index (χ0n) is 19.0. The summed E-state index contributed by atoms with van der Waals surface area (Å²) in [6.45, 7) is 27.8. The van der Waals surface area contributed by atoms with Crippen LogP contribution >= 0.6 is 0 Å². The van der Waals surface area contributed by atoms with Gasteiger partial charge in [-0.3, -0.25) is 9.80 Å². The van der Waals surface area contributed by atoms with E-state index in [1.165, 1.54) is 58.5 Å². The lowest BCUT2D eigenvalue weighted by Crippen LogP contribution is -2.50. The highest BCUT2D eigenvalue weighted by Gasteiger charge is 2.19. The molecule has 2 fully saturated rings. The summed E-state index contributed by atoms with van der Waals surface area (Å²) in [7, 11) is 0. The van der Waals surface area contributed by atoms with Gasteiger partial charge < -0.3 is 4.90 Å². The van der Waals surface area contributed by atoms with Crippen LogP contribution in [0.15, 0.2) is 0 Å². The minimum atomic E-state index is 0.722. The van der Waals surface area contributed by atoms with Gasteiger partial charge in [0.1, 0.15) is 0 Å². The molecule has 0 radical (unpaired) electrons. The lowest BCUT2D eigenvalue weighted by Gasteiger charge is -2.38. The molecule has 3 nitrogen and oxygen atoms in total. The maximum Gasteiger partial charge on any atom is 0.0113 e. The molecule has 2 rings (SSSR count). The molecule has 25 heavy (non-hydrogen) atoms. The molecule has 0 aromatic carbocycles. The zero-order valence-corrected chi connectivity index (χ0v) is 19.0. The van der Waals surface area contributed by atoms with Crippen LogP contribution in [0, 0.1) is 5.92 Å². The summed E-state index contributed by atoms with van der Waals surface area (Å²) in [5, 5.41) is 0. The van der Waals surface area contributed by atoms with Crippen LogP contribution in [-0.4, -0.2) is 72.1 Å².